The van der Waals surface area contributed by atoms with Gasteiger partial charge in [0.25, 0.3) is 4.96 Å². The Balaban J connectivity index is 1.49. The van der Waals surface area contributed by atoms with E-state index < -0.39 is 0 Å². The highest BCUT2D eigenvalue weighted by atomic mass is 32.1. The van der Waals surface area contributed by atoms with Crippen LogP contribution in [0.25, 0.3) is 4.96 Å². The second-order valence-electron chi connectivity index (χ2n) is 6.19. The monoisotopic (exact) mass is 326 g/mol. The van der Waals surface area contributed by atoms with Crippen molar-refractivity contribution >= 4 is 27.9 Å². The summed E-state index contributed by atoms with van der Waals surface area (Å²) in [4.78, 5) is 16.1. The highest BCUT2D eigenvalue weighted by Crippen LogP contribution is 2.56. The van der Waals surface area contributed by atoms with Crippen molar-refractivity contribution in [3.05, 3.63) is 57.1 Å². The SMILES string of the molecule is O=[N+]([O-])c1c(NC2C3CCc4ccccc4C32)nc2sccn12. The molecule has 1 aromatic carbocycles. The Kier molecular flexibility index (Phi) is 2.58. The molecular weight excluding hydrogens is 312 g/mol. The highest BCUT2D eigenvalue weighted by molar-refractivity contribution is 7.15. The first-order chi connectivity index (χ1) is 11.2. The van der Waals surface area contributed by atoms with Gasteiger partial charge in [-0.2, -0.15) is 9.38 Å². The Bertz CT molecular complexity index is 931. The summed E-state index contributed by atoms with van der Waals surface area (Å²) in [7, 11) is 0. The molecule has 116 valence electrons. The fourth-order valence-corrected chi connectivity index (χ4v) is 4.68. The number of nitrogens with zero attached hydrogens (tertiary/aromatic N) is 3. The van der Waals surface area contributed by atoms with Gasteiger partial charge in [0.2, 0.25) is 5.82 Å². The fourth-order valence-electron chi connectivity index (χ4n) is 3.97. The number of anilines is 1. The van der Waals surface area contributed by atoms with Gasteiger partial charge in [0.1, 0.15) is 6.20 Å². The van der Waals surface area contributed by atoms with Crippen molar-refractivity contribution in [1.29, 1.82) is 0 Å². The van der Waals surface area contributed by atoms with Crippen LogP contribution in [0.4, 0.5) is 11.6 Å². The van der Waals surface area contributed by atoms with Crippen molar-refractivity contribution in [2.24, 2.45) is 5.92 Å². The molecule has 2 heterocycles. The summed E-state index contributed by atoms with van der Waals surface area (Å²) in [5.41, 5.74) is 2.81. The Morgan fingerprint density at radius 1 is 1.39 bits per heavy atom. The summed E-state index contributed by atoms with van der Waals surface area (Å²) in [5, 5.41) is 16.6. The number of hydrogen-bond acceptors (Lipinski definition) is 5. The topological polar surface area (TPSA) is 72.5 Å². The Morgan fingerprint density at radius 2 is 2.26 bits per heavy atom. The van der Waals surface area contributed by atoms with Crippen LogP contribution in [-0.2, 0) is 6.42 Å². The van der Waals surface area contributed by atoms with Gasteiger partial charge in [-0.1, -0.05) is 35.6 Å². The number of rotatable bonds is 3. The van der Waals surface area contributed by atoms with Gasteiger partial charge in [-0.05, 0) is 34.8 Å². The first kappa shape index (κ1) is 13.1. The van der Waals surface area contributed by atoms with Gasteiger partial charge in [-0.25, -0.2) is 0 Å². The number of aromatic nitrogens is 2. The summed E-state index contributed by atoms with van der Waals surface area (Å²) < 4.78 is 1.55. The number of hydrogen-bond donors (Lipinski definition) is 1. The normalized spacial score (nSPS) is 25.0. The van der Waals surface area contributed by atoms with E-state index in [-0.39, 0.29) is 16.8 Å². The molecule has 0 spiro atoms. The average molecular weight is 326 g/mol. The van der Waals surface area contributed by atoms with Crippen molar-refractivity contribution in [3.63, 3.8) is 0 Å². The zero-order chi connectivity index (χ0) is 15.6. The highest BCUT2D eigenvalue weighted by Gasteiger charge is 2.54. The number of nitrogens with one attached hydrogen (secondary N) is 1. The Labute approximate surface area is 135 Å². The van der Waals surface area contributed by atoms with E-state index in [0.29, 0.717) is 22.6 Å². The predicted molar refractivity (Wildman–Crippen MR) is 88.1 cm³/mol. The van der Waals surface area contributed by atoms with E-state index in [2.05, 4.69) is 34.6 Å². The lowest BCUT2D eigenvalue weighted by Gasteiger charge is -2.13. The molecule has 0 saturated heterocycles. The minimum Gasteiger partial charge on any atom is -0.359 e. The minimum absolute atomic E-state index is 0.0400. The summed E-state index contributed by atoms with van der Waals surface area (Å²) in [6.45, 7) is 0. The van der Waals surface area contributed by atoms with Gasteiger partial charge >= 0.3 is 5.82 Å². The van der Waals surface area contributed by atoms with E-state index in [1.807, 2.05) is 5.38 Å². The molecule has 23 heavy (non-hydrogen) atoms. The van der Waals surface area contributed by atoms with Crippen LogP contribution in [0, 0.1) is 16.0 Å². The average Bonchev–Trinajstić information content (AvgIpc) is 2.86. The Morgan fingerprint density at radius 3 is 3.13 bits per heavy atom. The van der Waals surface area contributed by atoms with Crippen LogP contribution in [-0.4, -0.2) is 20.3 Å². The van der Waals surface area contributed by atoms with Gasteiger partial charge in [-0.3, -0.25) is 0 Å². The number of aryl methyl sites for hydroxylation is 1. The van der Waals surface area contributed by atoms with Gasteiger partial charge in [-0.15, -0.1) is 0 Å². The summed E-state index contributed by atoms with van der Waals surface area (Å²) in [6.07, 6.45) is 3.93. The molecule has 3 aromatic rings. The quantitative estimate of drug-likeness (QED) is 0.591. The number of imidazole rings is 1. The van der Waals surface area contributed by atoms with Crippen LogP contribution in [0.15, 0.2) is 35.8 Å². The van der Waals surface area contributed by atoms with Crippen LogP contribution >= 0.6 is 11.3 Å². The van der Waals surface area contributed by atoms with Crippen molar-refractivity contribution in [1.82, 2.24) is 9.38 Å². The standard InChI is InChI=1S/C16H14N4O2S/c21-20(22)15-14(18-16-19(15)7-8-23-16)17-13-11-6-5-9-3-1-2-4-10(9)12(11)13/h1-4,7-8,11-13,17H,5-6H2. The van der Waals surface area contributed by atoms with Crippen molar-refractivity contribution in [2.45, 2.75) is 24.8 Å². The third kappa shape index (κ3) is 1.83. The predicted octanol–water partition coefficient (Wildman–Crippen LogP) is 3.44. The maximum absolute atomic E-state index is 11.4. The molecule has 2 aliphatic rings. The first-order valence-electron chi connectivity index (χ1n) is 7.68. The molecule has 6 nitrogen and oxygen atoms in total. The molecule has 1 fully saturated rings. The maximum atomic E-state index is 11.4. The van der Waals surface area contributed by atoms with Crippen LogP contribution < -0.4 is 5.32 Å². The van der Waals surface area contributed by atoms with Crippen molar-refractivity contribution in [3.8, 4) is 0 Å². The van der Waals surface area contributed by atoms with E-state index in [9.17, 15) is 10.1 Å². The van der Waals surface area contributed by atoms with E-state index in [1.165, 1.54) is 22.5 Å². The summed E-state index contributed by atoms with van der Waals surface area (Å²) >= 11 is 1.41. The molecule has 1 N–H and O–H groups in total. The number of nitro groups is 1. The second kappa shape index (κ2) is 4.55. The molecule has 2 aliphatic carbocycles. The van der Waals surface area contributed by atoms with Gasteiger partial charge < -0.3 is 15.4 Å². The third-order valence-corrected chi connectivity index (χ3v) is 5.80. The second-order valence-corrected chi connectivity index (χ2v) is 7.07. The Hall–Kier alpha value is -2.41. The maximum Gasteiger partial charge on any atom is 0.372 e. The lowest BCUT2D eigenvalue weighted by Crippen LogP contribution is -2.08. The number of fused-ring (bicyclic) bond motifs is 4. The number of thiazole rings is 1. The minimum atomic E-state index is -0.352. The van der Waals surface area contributed by atoms with E-state index in [4.69, 9.17) is 0 Å². The number of benzene rings is 1. The van der Waals surface area contributed by atoms with E-state index in [1.54, 1.807) is 10.6 Å². The molecular formula is C16H14N4O2S. The van der Waals surface area contributed by atoms with Crippen LogP contribution in [0.3, 0.4) is 0 Å². The van der Waals surface area contributed by atoms with Crippen LogP contribution in [0.1, 0.15) is 23.5 Å². The van der Waals surface area contributed by atoms with Gasteiger partial charge in [0.05, 0.1) is 0 Å². The zero-order valence-corrected chi connectivity index (χ0v) is 13.0. The van der Waals surface area contributed by atoms with E-state index in [0.717, 1.165) is 12.8 Å². The summed E-state index contributed by atoms with van der Waals surface area (Å²) in [5.74, 6) is 1.46. The molecule has 0 amide bonds. The van der Waals surface area contributed by atoms with Crippen LogP contribution in [0.5, 0.6) is 0 Å². The zero-order valence-electron chi connectivity index (χ0n) is 12.2. The lowest BCUT2D eigenvalue weighted by molar-refractivity contribution is -0.389. The largest absolute Gasteiger partial charge is 0.372 e. The molecule has 0 aliphatic heterocycles. The molecule has 5 rings (SSSR count). The molecule has 2 aromatic heterocycles. The molecule has 0 radical (unpaired) electrons. The molecule has 3 unspecified atom stereocenters. The smallest absolute Gasteiger partial charge is 0.359 e. The van der Waals surface area contributed by atoms with Crippen LogP contribution in [0.2, 0.25) is 0 Å². The van der Waals surface area contributed by atoms with Gasteiger partial charge in [0, 0.05) is 17.3 Å². The summed E-state index contributed by atoms with van der Waals surface area (Å²) in [6, 6.07) is 8.79. The van der Waals surface area contributed by atoms with Crippen molar-refractivity contribution in [2.75, 3.05) is 5.32 Å². The van der Waals surface area contributed by atoms with E-state index >= 15 is 0 Å². The van der Waals surface area contributed by atoms with Crippen molar-refractivity contribution < 1.29 is 4.92 Å². The molecule has 1 saturated carbocycles. The fraction of sp³-hybridized carbons (Fsp3) is 0.312. The molecule has 7 heteroatoms. The van der Waals surface area contributed by atoms with Gasteiger partial charge in [0.15, 0.2) is 0 Å². The lowest BCUT2D eigenvalue weighted by atomic mass is 9.92. The molecule has 3 atom stereocenters. The molecule has 0 bridgehead atoms. The first-order valence-corrected chi connectivity index (χ1v) is 8.56. The third-order valence-electron chi connectivity index (χ3n) is 5.04.